The van der Waals surface area contributed by atoms with Crippen LogP contribution < -0.4 is 10.6 Å². The third-order valence-corrected chi connectivity index (χ3v) is 4.12. The Bertz CT molecular complexity index is 1070. The topological polar surface area (TPSA) is 133 Å². The average molecular weight is 404 g/mol. The summed E-state index contributed by atoms with van der Waals surface area (Å²) >= 11 is 0. The Labute approximate surface area is 170 Å². The summed E-state index contributed by atoms with van der Waals surface area (Å²) < 4.78 is 0. The molecule has 0 heterocycles. The fourth-order valence-electron chi connectivity index (χ4n) is 2.67. The molecular weight excluding hydrogens is 388 g/mol. The lowest BCUT2D eigenvalue weighted by atomic mass is 10.1. The van der Waals surface area contributed by atoms with Crippen molar-refractivity contribution >= 4 is 35.1 Å². The van der Waals surface area contributed by atoms with Crippen LogP contribution >= 0.6 is 0 Å². The third kappa shape index (κ3) is 4.87. The first-order valence-electron chi connectivity index (χ1n) is 8.73. The molecule has 0 spiro atoms. The first-order chi connectivity index (χ1) is 14.3. The molecule has 0 atom stereocenters. The van der Waals surface area contributed by atoms with Gasteiger partial charge in [-0.15, -0.1) is 0 Å². The Balaban J connectivity index is 1.73. The molecule has 2 amide bonds. The van der Waals surface area contributed by atoms with Gasteiger partial charge in [-0.1, -0.05) is 18.2 Å². The molecule has 3 aromatic rings. The summed E-state index contributed by atoms with van der Waals surface area (Å²) in [6, 6.07) is 17.6. The van der Waals surface area contributed by atoms with Crippen LogP contribution in [0.5, 0.6) is 0 Å². The van der Waals surface area contributed by atoms with Crippen molar-refractivity contribution in [2.45, 2.75) is 0 Å². The van der Waals surface area contributed by atoms with Gasteiger partial charge in [-0.25, -0.2) is 9.59 Å². The van der Waals surface area contributed by atoms with E-state index in [2.05, 4.69) is 10.6 Å². The van der Waals surface area contributed by atoms with Crippen LogP contribution in [-0.4, -0.2) is 34.0 Å². The molecule has 0 aliphatic heterocycles. The quantitative estimate of drug-likeness (QED) is 0.496. The van der Waals surface area contributed by atoms with Gasteiger partial charge in [0.2, 0.25) is 0 Å². The summed E-state index contributed by atoms with van der Waals surface area (Å²) in [6.07, 6.45) is 0. The van der Waals surface area contributed by atoms with E-state index < -0.39 is 23.8 Å². The highest BCUT2D eigenvalue weighted by Gasteiger charge is 2.12. The van der Waals surface area contributed by atoms with Crippen LogP contribution in [0, 0.1) is 0 Å². The Morgan fingerprint density at radius 2 is 0.900 bits per heavy atom. The second kappa shape index (κ2) is 8.70. The Morgan fingerprint density at radius 1 is 0.533 bits per heavy atom. The zero-order valence-electron chi connectivity index (χ0n) is 15.5. The maximum absolute atomic E-state index is 12.4. The zero-order valence-corrected chi connectivity index (χ0v) is 15.5. The highest BCUT2D eigenvalue weighted by molar-refractivity contribution is 6.07. The lowest BCUT2D eigenvalue weighted by molar-refractivity contribution is 0.0686. The molecule has 0 bridgehead atoms. The Hall–Kier alpha value is -4.46. The summed E-state index contributed by atoms with van der Waals surface area (Å²) in [4.78, 5) is 46.9. The standard InChI is InChI=1S/C22H16N2O6/c25-19(13-4-1-6-15(10-13)21(27)28)23-17-8-3-9-18(12-17)24-20(26)14-5-2-7-16(11-14)22(29)30/h1-12H,(H,23,25)(H,24,26)(H,27,28)(H,29,30). The number of carbonyl (C=O) groups is 4. The minimum absolute atomic E-state index is 0.00717. The van der Waals surface area contributed by atoms with E-state index in [1.54, 1.807) is 18.2 Å². The normalized spacial score (nSPS) is 10.1. The molecule has 4 N–H and O–H groups in total. The Morgan fingerprint density at radius 3 is 1.30 bits per heavy atom. The van der Waals surface area contributed by atoms with Gasteiger partial charge in [-0.2, -0.15) is 0 Å². The smallest absolute Gasteiger partial charge is 0.335 e. The van der Waals surface area contributed by atoms with E-state index in [0.29, 0.717) is 11.4 Å². The van der Waals surface area contributed by atoms with Gasteiger partial charge in [0, 0.05) is 22.5 Å². The van der Waals surface area contributed by atoms with Gasteiger partial charge in [-0.3, -0.25) is 9.59 Å². The number of rotatable bonds is 6. The number of nitrogens with one attached hydrogen (secondary N) is 2. The van der Waals surface area contributed by atoms with Crippen molar-refractivity contribution in [2.75, 3.05) is 10.6 Å². The van der Waals surface area contributed by atoms with E-state index in [9.17, 15) is 19.2 Å². The Kier molecular flexibility index (Phi) is 5.88. The van der Waals surface area contributed by atoms with Crippen LogP contribution in [0.2, 0.25) is 0 Å². The third-order valence-electron chi connectivity index (χ3n) is 4.12. The van der Waals surface area contributed by atoms with Crippen molar-refractivity contribution in [3.05, 3.63) is 95.1 Å². The first kappa shape index (κ1) is 20.3. The number of benzene rings is 3. The van der Waals surface area contributed by atoms with E-state index >= 15 is 0 Å². The maximum atomic E-state index is 12.4. The van der Waals surface area contributed by atoms with E-state index in [-0.39, 0.29) is 22.3 Å². The van der Waals surface area contributed by atoms with Gasteiger partial charge in [0.1, 0.15) is 0 Å². The number of amides is 2. The molecule has 0 radical (unpaired) electrons. The molecule has 3 rings (SSSR count). The number of anilines is 2. The number of hydrogen-bond acceptors (Lipinski definition) is 4. The SMILES string of the molecule is O=C(O)c1cccc(C(=O)Nc2cccc(NC(=O)c3cccc(C(=O)O)c3)c2)c1. The molecule has 150 valence electrons. The van der Waals surface area contributed by atoms with Gasteiger partial charge in [0.25, 0.3) is 11.8 Å². The minimum Gasteiger partial charge on any atom is -0.478 e. The molecule has 8 nitrogen and oxygen atoms in total. The van der Waals surface area contributed by atoms with Crippen LogP contribution in [0.4, 0.5) is 11.4 Å². The fourth-order valence-corrected chi connectivity index (χ4v) is 2.67. The number of aromatic carboxylic acids is 2. The van der Waals surface area contributed by atoms with Gasteiger partial charge in [0.05, 0.1) is 11.1 Å². The number of carboxylic acid groups (broad SMARTS) is 2. The van der Waals surface area contributed by atoms with Crippen molar-refractivity contribution in [1.29, 1.82) is 0 Å². The number of carbonyl (C=O) groups excluding carboxylic acids is 2. The molecule has 0 unspecified atom stereocenters. The van der Waals surface area contributed by atoms with Crippen LogP contribution in [0.1, 0.15) is 41.4 Å². The second-order valence-corrected chi connectivity index (χ2v) is 6.26. The lowest BCUT2D eigenvalue weighted by Gasteiger charge is -2.10. The highest BCUT2D eigenvalue weighted by atomic mass is 16.4. The van der Waals surface area contributed by atoms with E-state index in [1.165, 1.54) is 54.6 Å². The predicted octanol–water partition coefficient (Wildman–Crippen LogP) is 3.59. The largest absolute Gasteiger partial charge is 0.478 e. The predicted molar refractivity (Wildman–Crippen MR) is 109 cm³/mol. The molecule has 0 saturated heterocycles. The summed E-state index contributed by atoms with van der Waals surface area (Å²) in [5.74, 6) is -3.28. The molecule has 0 aliphatic rings. The van der Waals surface area contributed by atoms with Gasteiger partial charge in [-0.05, 0) is 54.6 Å². The molecule has 0 aromatic heterocycles. The van der Waals surface area contributed by atoms with Gasteiger partial charge >= 0.3 is 11.9 Å². The second-order valence-electron chi connectivity index (χ2n) is 6.26. The van der Waals surface area contributed by atoms with Crippen molar-refractivity contribution < 1.29 is 29.4 Å². The summed E-state index contributed by atoms with van der Waals surface area (Å²) in [5, 5.41) is 23.4. The highest BCUT2D eigenvalue weighted by Crippen LogP contribution is 2.18. The fraction of sp³-hybridized carbons (Fsp3) is 0. The molecule has 0 aliphatic carbocycles. The van der Waals surface area contributed by atoms with Crippen molar-refractivity contribution in [1.82, 2.24) is 0 Å². The molecule has 3 aromatic carbocycles. The zero-order chi connectivity index (χ0) is 21.7. The molecule has 8 heteroatoms. The van der Waals surface area contributed by atoms with Crippen LogP contribution in [0.3, 0.4) is 0 Å². The van der Waals surface area contributed by atoms with Crippen LogP contribution in [0.25, 0.3) is 0 Å². The van der Waals surface area contributed by atoms with E-state index in [4.69, 9.17) is 10.2 Å². The monoisotopic (exact) mass is 404 g/mol. The molecular formula is C22H16N2O6. The average Bonchev–Trinajstić information content (AvgIpc) is 2.74. The van der Waals surface area contributed by atoms with E-state index in [0.717, 1.165) is 0 Å². The first-order valence-corrected chi connectivity index (χ1v) is 8.73. The maximum Gasteiger partial charge on any atom is 0.335 e. The van der Waals surface area contributed by atoms with Gasteiger partial charge < -0.3 is 20.8 Å². The summed E-state index contributed by atoms with van der Waals surface area (Å²) in [5.41, 5.74) is 1.11. The van der Waals surface area contributed by atoms with Crippen molar-refractivity contribution in [3.63, 3.8) is 0 Å². The number of hydrogen-bond donors (Lipinski definition) is 4. The van der Waals surface area contributed by atoms with E-state index in [1.807, 2.05) is 0 Å². The minimum atomic E-state index is -1.14. The van der Waals surface area contributed by atoms with Gasteiger partial charge in [0.15, 0.2) is 0 Å². The lowest BCUT2D eigenvalue weighted by Crippen LogP contribution is -2.14. The van der Waals surface area contributed by atoms with Crippen molar-refractivity contribution in [3.8, 4) is 0 Å². The van der Waals surface area contributed by atoms with Crippen LogP contribution in [-0.2, 0) is 0 Å². The van der Waals surface area contributed by atoms with Crippen molar-refractivity contribution in [2.24, 2.45) is 0 Å². The number of carboxylic acids is 2. The van der Waals surface area contributed by atoms with Crippen LogP contribution in [0.15, 0.2) is 72.8 Å². The molecule has 0 fully saturated rings. The summed E-state index contributed by atoms with van der Waals surface area (Å²) in [7, 11) is 0. The summed E-state index contributed by atoms with van der Waals surface area (Å²) in [6.45, 7) is 0. The molecule has 30 heavy (non-hydrogen) atoms. The molecule has 0 saturated carbocycles.